The SMILES string of the molecule is NC1CCCC(OCc2cccc3ccccc23)C1. The first-order valence-corrected chi connectivity index (χ1v) is 7.17. The van der Waals surface area contributed by atoms with Crippen LogP contribution in [0, 0.1) is 0 Å². The van der Waals surface area contributed by atoms with Crippen LogP contribution in [-0.4, -0.2) is 12.1 Å². The highest BCUT2D eigenvalue weighted by molar-refractivity contribution is 5.85. The van der Waals surface area contributed by atoms with Gasteiger partial charge in [0.1, 0.15) is 0 Å². The summed E-state index contributed by atoms with van der Waals surface area (Å²) in [5, 5.41) is 2.58. The van der Waals surface area contributed by atoms with Crippen LogP contribution < -0.4 is 5.73 Å². The molecule has 1 saturated carbocycles. The highest BCUT2D eigenvalue weighted by atomic mass is 16.5. The summed E-state index contributed by atoms with van der Waals surface area (Å²) < 4.78 is 6.07. The van der Waals surface area contributed by atoms with Crippen LogP contribution in [0.3, 0.4) is 0 Å². The van der Waals surface area contributed by atoms with Crippen molar-refractivity contribution in [2.45, 2.75) is 44.4 Å². The lowest BCUT2D eigenvalue weighted by atomic mass is 9.93. The van der Waals surface area contributed by atoms with E-state index in [0.717, 1.165) is 19.3 Å². The third-order valence-corrected chi connectivity index (χ3v) is 4.02. The molecule has 0 spiro atoms. The van der Waals surface area contributed by atoms with Crippen molar-refractivity contribution in [3.05, 3.63) is 48.0 Å². The van der Waals surface area contributed by atoms with E-state index in [9.17, 15) is 0 Å². The van der Waals surface area contributed by atoms with Gasteiger partial charge in [0.05, 0.1) is 12.7 Å². The molecule has 2 N–H and O–H groups in total. The molecule has 3 rings (SSSR count). The van der Waals surface area contributed by atoms with Gasteiger partial charge in [-0.2, -0.15) is 0 Å². The molecule has 1 aliphatic rings. The Kier molecular flexibility index (Phi) is 3.81. The summed E-state index contributed by atoms with van der Waals surface area (Å²) in [6, 6.07) is 15.2. The average Bonchev–Trinajstić information content (AvgIpc) is 2.45. The van der Waals surface area contributed by atoms with E-state index < -0.39 is 0 Å². The highest BCUT2D eigenvalue weighted by Crippen LogP contribution is 2.23. The second-order valence-corrected chi connectivity index (χ2v) is 5.50. The molecule has 0 saturated heterocycles. The first-order valence-electron chi connectivity index (χ1n) is 7.17. The average molecular weight is 255 g/mol. The molecule has 0 radical (unpaired) electrons. The molecule has 1 aliphatic carbocycles. The molecule has 100 valence electrons. The lowest BCUT2D eigenvalue weighted by Gasteiger charge is -2.26. The number of benzene rings is 2. The van der Waals surface area contributed by atoms with Crippen LogP contribution in [0.2, 0.25) is 0 Å². The van der Waals surface area contributed by atoms with Gasteiger partial charge in [0.15, 0.2) is 0 Å². The highest BCUT2D eigenvalue weighted by Gasteiger charge is 2.19. The Morgan fingerprint density at radius 3 is 2.79 bits per heavy atom. The van der Waals surface area contributed by atoms with Crippen molar-refractivity contribution in [2.75, 3.05) is 0 Å². The van der Waals surface area contributed by atoms with E-state index in [-0.39, 0.29) is 0 Å². The minimum atomic E-state index is 0.325. The van der Waals surface area contributed by atoms with Crippen molar-refractivity contribution >= 4 is 10.8 Å². The molecule has 2 heteroatoms. The van der Waals surface area contributed by atoms with E-state index in [1.165, 1.54) is 22.8 Å². The quantitative estimate of drug-likeness (QED) is 0.909. The minimum absolute atomic E-state index is 0.325. The topological polar surface area (TPSA) is 35.2 Å². The maximum Gasteiger partial charge on any atom is 0.0726 e. The molecule has 2 aromatic carbocycles. The third kappa shape index (κ3) is 2.96. The van der Waals surface area contributed by atoms with Gasteiger partial charge in [-0.25, -0.2) is 0 Å². The van der Waals surface area contributed by atoms with Crippen LogP contribution in [0.1, 0.15) is 31.2 Å². The summed E-state index contributed by atoms with van der Waals surface area (Å²) in [6.45, 7) is 0.693. The lowest BCUT2D eigenvalue weighted by Crippen LogP contribution is -2.32. The van der Waals surface area contributed by atoms with Crippen molar-refractivity contribution in [3.8, 4) is 0 Å². The first-order chi connectivity index (χ1) is 9.33. The molecule has 0 amide bonds. The number of hydrogen-bond acceptors (Lipinski definition) is 2. The number of rotatable bonds is 3. The predicted molar refractivity (Wildman–Crippen MR) is 79.0 cm³/mol. The summed E-state index contributed by atoms with van der Waals surface area (Å²) in [5.41, 5.74) is 7.28. The van der Waals surface area contributed by atoms with Crippen molar-refractivity contribution in [1.82, 2.24) is 0 Å². The van der Waals surface area contributed by atoms with Gasteiger partial charge in [-0.1, -0.05) is 42.5 Å². The van der Waals surface area contributed by atoms with Gasteiger partial charge in [-0.05, 0) is 42.0 Å². The molecule has 19 heavy (non-hydrogen) atoms. The van der Waals surface area contributed by atoms with E-state index in [1.54, 1.807) is 0 Å². The standard InChI is InChI=1S/C17H21NO/c18-15-8-4-9-16(11-15)19-12-14-7-3-6-13-5-1-2-10-17(13)14/h1-3,5-7,10,15-16H,4,8-9,11-12,18H2. The number of ether oxygens (including phenoxy) is 1. The summed E-state index contributed by atoms with van der Waals surface area (Å²) in [6.07, 6.45) is 4.83. The molecule has 0 aromatic heterocycles. The summed E-state index contributed by atoms with van der Waals surface area (Å²) >= 11 is 0. The van der Waals surface area contributed by atoms with E-state index in [1.807, 2.05) is 0 Å². The summed E-state index contributed by atoms with van der Waals surface area (Å²) in [5.74, 6) is 0. The van der Waals surface area contributed by atoms with Crippen LogP contribution >= 0.6 is 0 Å². The van der Waals surface area contributed by atoms with Crippen molar-refractivity contribution in [2.24, 2.45) is 5.73 Å². The normalized spacial score (nSPS) is 23.6. The molecule has 2 atom stereocenters. The fraction of sp³-hybridized carbons (Fsp3) is 0.412. The zero-order valence-electron chi connectivity index (χ0n) is 11.2. The molecule has 0 bridgehead atoms. The fourth-order valence-corrected chi connectivity index (χ4v) is 2.96. The molecule has 2 nitrogen and oxygen atoms in total. The Bertz CT molecular complexity index is 546. The first kappa shape index (κ1) is 12.6. The lowest BCUT2D eigenvalue weighted by molar-refractivity contribution is 0.0128. The maximum atomic E-state index is 6.07. The summed E-state index contributed by atoms with van der Waals surface area (Å²) in [4.78, 5) is 0. The molecule has 0 heterocycles. The van der Waals surface area contributed by atoms with Gasteiger partial charge < -0.3 is 10.5 Å². The minimum Gasteiger partial charge on any atom is -0.373 e. The molecular weight excluding hydrogens is 234 g/mol. The van der Waals surface area contributed by atoms with Crippen LogP contribution in [0.15, 0.2) is 42.5 Å². The van der Waals surface area contributed by atoms with Crippen molar-refractivity contribution in [1.29, 1.82) is 0 Å². The van der Waals surface area contributed by atoms with Gasteiger partial charge in [0, 0.05) is 6.04 Å². The van der Waals surface area contributed by atoms with E-state index in [0.29, 0.717) is 18.8 Å². The molecule has 2 unspecified atom stereocenters. The third-order valence-electron chi connectivity index (χ3n) is 4.02. The van der Waals surface area contributed by atoms with Gasteiger partial charge in [-0.15, -0.1) is 0 Å². The van der Waals surface area contributed by atoms with E-state index in [4.69, 9.17) is 10.5 Å². The van der Waals surface area contributed by atoms with Gasteiger partial charge in [0.25, 0.3) is 0 Å². The Morgan fingerprint density at radius 1 is 1.05 bits per heavy atom. The zero-order chi connectivity index (χ0) is 13.1. The Labute approximate surface area is 114 Å². The van der Waals surface area contributed by atoms with Crippen LogP contribution in [0.5, 0.6) is 0 Å². The summed E-state index contributed by atoms with van der Waals surface area (Å²) in [7, 11) is 0. The molecule has 0 aliphatic heterocycles. The van der Waals surface area contributed by atoms with Crippen LogP contribution in [-0.2, 0) is 11.3 Å². The fourth-order valence-electron chi connectivity index (χ4n) is 2.96. The molecule has 2 aromatic rings. The van der Waals surface area contributed by atoms with E-state index >= 15 is 0 Å². The van der Waals surface area contributed by atoms with Gasteiger partial charge in [-0.3, -0.25) is 0 Å². The largest absolute Gasteiger partial charge is 0.373 e. The van der Waals surface area contributed by atoms with Gasteiger partial charge >= 0.3 is 0 Å². The second kappa shape index (κ2) is 5.72. The smallest absolute Gasteiger partial charge is 0.0726 e. The van der Waals surface area contributed by atoms with Crippen molar-refractivity contribution < 1.29 is 4.74 Å². The number of fused-ring (bicyclic) bond motifs is 1. The predicted octanol–water partition coefficient (Wildman–Crippen LogP) is 3.63. The number of hydrogen-bond donors (Lipinski definition) is 1. The van der Waals surface area contributed by atoms with Crippen LogP contribution in [0.25, 0.3) is 10.8 Å². The number of nitrogens with two attached hydrogens (primary N) is 1. The molecule has 1 fully saturated rings. The Balaban J connectivity index is 1.71. The van der Waals surface area contributed by atoms with E-state index in [2.05, 4.69) is 42.5 Å². The monoisotopic (exact) mass is 255 g/mol. The maximum absolute atomic E-state index is 6.07. The molecular formula is C17H21NO. The van der Waals surface area contributed by atoms with Crippen LogP contribution in [0.4, 0.5) is 0 Å². The Morgan fingerprint density at radius 2 is 1.89 bits per heavy atom. The zero-order valence-corrected chi connectivity index (χ0v) is 11.2. The van der Waals surface area contributed by atoms with Gasteiger partial charge in [0.2, 0.25) is 0 Å². The second-order valence-electron chi connectivity index (χ2n) is 5.50. The Hall–Kier alpha value is -1.38. The van der Waals surface area contributed by atoms with Crippen molar-refractivity contribution in [3.63, 3.8) is 0 Å².